The maximum Gasteiger partial charge on any atom is 0.339 e. The molecule has 0 aliphatic heterocycles. The van der Waals surface area contributed by atoms with Gasteiger partial charge >= 0.3 is 11.9 Å². The summed E-state index contributed by atoms with van der Waals surface area (Å²) in [5.41, 5.74) is 1.35. The largest absolute Gasteiger partial charge is 0.462 e. The number of rotatable bonds is 20. The fourth-order valence-corrected chi connectivity index (χ4v) is 3.88. The average Bonchev–Trinajstić information content (AvgIpc) is 2.85. The van der Waals surface area contributed by atoms with E-state index >= 15 is 0 Å². The van der Waals surface area contributed by atoms with Gasteiger partial charge in [0.25, 0.3) is 0 Å². The zero-order chi connectivity index (χ0) is 24.9. The molecule has 0 N–H and O–H groups in total. The minimum atomic E-state index is -0.441. The highest BCUT2D eigenvalue weighted by atomic mass is 16.5. The van der Waals surface area contributed by atoms with Crippen LogP contribution in [0.1, 0.15) is 143 Å². The van der Waals surface area contributed by atoms with E-state index in [1.807, 2.05) is 18.2 Å². The van der Waals surface area contributed by atoms with Gasteiger partial charge in [0.15, 0.2) is 0 Å². The van der Waals surface area contributed by atoms with Crippen molar-refractivity contribution in [1.29, 1.82) is 0 Å². The summed E-state index contributed by atoms with van der Waals surface area (Å²) < 4.78 is 11.1. The molecule has 4 nitrogen and oxygen atoms in total. The fraction of sp³-hybridized carbons (Fsp3) is 0.667. The Labute approximate surface area is 208 Å². The molecule has 0 spiro atoms. The smallest absolute Gasteiger partial charge is 0.339 e. The maximum atomic E-state index is 13.0. The van der Waals surface area contributed by atoms with Crippen LogP contribution in [0, 0.1) is 0 Å². The lowest BCUT2D eigenvalue weighted by molar-refractivity contribution is 0.0450. The molecule has 0 heterocycles. The van der Waals surface area contributed by atoms with Gasteiger partial charge in [0.1, 0.15) is 0 Å². The van der Waals surface area contributed by atoms with Crippen molar-refractivity contribution < 1.29 is 19.1 Å². The SMILES string of the molecule is CCCCC=Cc1cccc(C(=O)OCCCCCCCC)c1C(=O)OCCCCCCCC. The summed E-state index contributed by atoms with van der Waals surface area (Å²) >= 11 is 0. The molecule has 1 aromatic rings. The van der Waals surface area contributed by atoms with Crippen molar-refractivity contribution in [2.45, 2.75) is 117 Å². The number of hydrogen-bond donors (Lipinski definition) is 0. The average molecular weight is 473 g/mol. The highest BCUT2D eigenvalue weighted by Gasteiger charge is 2.22. The molecule has 192 valence electrons. The number of hydrogen-bond acceptors (Lipinski definition) is 4. The molecule has 0 amide bonds. The standard InChI is InChI=1S/C30H48O4/c1-4-7-10-13-15-18-24-33-29(31)27-23-20-22-26(21-17-12-9-6-3)28(27)30(32)34-25-19-16-14-11-8-5-2/h17,20-23H,4-16,18-19,24-25H2,1-3H3. The summed E-state index contributed by atoms with van der Waals surface area (Å²) in [7, 11) is 0. The zero-order valence-electron chi connectivity index (χ0n) is 22.0. The Bertz CT molecular complexity index is 708. The second kappa shape index (κ2) is 20.3. The van der Waals surface area contributed by atoms with Crippen LogP contribution in [-0.2, 0) is 9.47 Å². The van der Waals surface area contributed by atoms with Crippen LogP contribution in [-0.4, -0.2) is 25.2 Å². The molecule has 0 saturated carbocycles. The predicted molar refractivity (Wildman–Crippen MR) is 142 cm³/mol. The summed E-state index contributed by atoms with van der Waals surface area (Å²) in [4.78, 5) is 25.9. The first kappa shape index (κ1) is 29.9. The summed E-state index contributed by atoms with van der Waals surface area (Å²) in [6.45, 7) is 7.31. The van der Waals surface area contributed by atoms with E-state index in [9.17, 15) is 9.59 Å². The monoisotopic (exact) mass is 472 g/mol. The second-order valence-electron chi connectivity index (χ2n) is 9.12. The summed E-state index contributed by atoms with van der Waals surface area (Å²) in [5.74, 6) is -0.875. The number of allylic oxidation sites excluding steroid dienone is 1. The van der Waals surface area contributed by atoms with Crippen LogP contribution in [0.15, 0.2) is 24.3 Å². The maximum absolute atomic E-state index is 13.0. The van der Waals surface area contributed by atoms with Crippen molar-refractivity contribution in [2.75, 3.05) is 13.2 Å². The number of unbranched alkanes of at least 4 members (excludes halogenated alkanes) is 12. The number of carbonyl (C=O) groups is 2. The van der Waals surface area contributed by atoms with Gasteiger partial charge in [-0.3, -0.25) is 0 Å². The number of ether oxygens (including phenoxy) is 2. The molecular formula is C30H48O4. The third-order valence-electron chi connectivity index (χ3n) is 6.00. The highest BCUT2D eigenvalue weighted by Crippen LogP contribution is 2.20. The van der Waals surface area contributed by atoms with Crippen LogP contribution >= 0.6 is 0 Å². The quantitative estimate of drug-likeness (QED) is 0.140. The van der Waals surface area contributed by atoms with E-state index in [0.29, 0.717) is 24.3 Å². The van der Waals surface area contributed by atoms with E-state index in [2.05, 4.69) is 26.8 Å². The Kier molecular flexibility index (Phi) is 17.9. The van der Waals surface area contributed by atoms with Gasteiger partial charge in [0.05, 0.1) is 24.3 Å². The molecule has 0 unspecified atom stereocenters. The summed E-state index contributed by atoms with van der Waals surface area (Å²) in [6, 6.07) is 5.36. The van der Waals surface area contributed by atoms with Gasteiger partial charge in [-0.1, -0.05) is 122 Å². The van der Waals surface area contributed by atoms with Gasteiger partial charge in [-0.25, -0.2) is 9.59 Å². The zero-order valence-corrected chi connectivity index (χ0v) is 22.0. The van der Waals surface area contributed by atoms with Gasteiger partial charge in [-0.05, 0) is 30.9 Å². The predicted octanol–water partition coefficient (Wildman–Crippen LogP) is 8.92. The van der Waals surface area contributed by atoms with Crippen molar-refractivity contribution in [3.05, 3.63) is 41.0 Å². The van der Waals surface area contributed by atoms with Crippen molar-refractivity contribution >= 4 is 18.0 Å². The molecule has 0 aliphatic carbocycles. The van der Waals surface area contributed by atoms with Crippen LogP contribution in [0.5, 0.6) is 0 Å². The lowest BCUT2D eigenvalue weighted by Gasteiger charge is -2.13. The third kappa shape index (κ3) is 13.0. The molecule has 1 aromatic carbocycles. The first-order valence-electron chi connectivity index (χ1n) is 13.8. The molecule has 0 bridgehead atoms. The van der Waals surface area contributed by atoms with Crippen molar-refractivity contribution in [2.24, 2.45) is 0 Å². The number of benzene rings is 1. The normalized spacial score (nSPS) is 11.1. The Morgan fingerprint density at radius 3 is 1.79 bits per heavy atom. The molecule has 0 aliphatic rings. The van der Waals surface area contributed by atoms with Crippen molar-refractivity contribution in [3.63, 3.8) is 0 Å². The number of carbonyl (C=O) groups excluding carboxylic acids is 2. The first-order valence-corrected chi connectivity index (χ1v) is 13.8. The fourth-order valence-electron chi connectivity index (χ4n) is 3.88. The van der Waals surface area contributed by atoms with Crippen molar-refractivity contribution in [1.82, 2.24) is 0 Å². The molecule has 0 aromatic heterocycles. The number of esters is 2. The van der Waals surface area contributed by atoms with E-state index in [1.165, 1.54) is 44.9 Å². The third-order valence-corrected chi connectivity index (χ3v) is 6.00. The van der Waals surface area contributed by atoms with Gasteiger partial charge in [0.2, 0.25) is 0 Å². The van der Waals surface area contributed by atoms with Gasteiger partial charge in [-0.2, -0.15) is 0 Å². The van der Waals surface area contributed by atoms with Crippen LogP contribution in [0.3, 0.4) is 0 Å². The van der Waals surface area contributed by atoms with Gasteiger partial charge < -0.3 is 9.47 Å². The van der Waals surface area contributed by atoms with E-state index in [1.54, 1.807) is 6.07 Å². The lowest BCUT2D eigenvalue weighted by Crippen LogP contribution is -2.16. The van der Waals surface area contributed by atoms with E-state index in [4.69, 9.17) is 9.47 Å². The van der Waals surface area contributed by atoms with Crippen LogP contribution in [0.2, 0.25) is 0 Å². The molecular weight excluding hydrogens is 424 g/mol. The molecule has 0 saturated heterocycles. The molecule has 0 fully saturated rings. The molecule has 4 heteroatoms. The summed E-state index contributed by atoms with van der Waals surface area (Å²) in [6.07, 6.45) is 20.7. The Morgan fingerprint density at radius 2 is 1.21 bits per heavy atom. The highest BCUT2D eigenvalue weighted by molar-refractivity contribution is 6.05. The molecule has 1 rings (SSSR count). The van der Waals surface area contributed by atoms with Crippen LogP contribution in [0.4, 0.5) is 0 Å². The van der Waals surface area contributed by atoms with Crippen LogP contribution < -0.4 is 0 Å². The first-order chi connectivity index (χ1) is 16.7. The van der Waals surface area contributed by atoms with Gasteiger partial charge in [-0.15, -0.1) is 0 Å². The minimum absolute atomic E-state index is 0.302. The van der Waals surface area contributed by atoms with E-state index < -0.39 is 11.9 Å². The van der Waals surface area contributed by atoms with E-state index in [0.717, 1.165) is 56.9 Å². The van der Waals surface area contributed by atoms with Gasteiger partial charge in [0, 0.05) is 0 Å². The summed E-state index contributed by atoms with van der Waals surface area (Å²) in [5, 5.41) is 0. The van der Waals surface area contributed by atoms with Crippen molar-refractivity contribution in [3.8, 4) is 0 Å². The Balaban J connectivity index is 2.77. The Hall–Kier alpha value is -2.10. The Morgan fingerprint density at radius 1 is 0.676 bits per heavy atom. The molecule has 0 atom stereocenters. The lowest BCUT2D eigenvalue weighted by atomic mass is 10.00. The minimum Gasteiger partial charge on any atom is -0.462 e. The van der Waals surface area contributed by atoms with Crippen LogP contribution in [0.25, 0.3) is 6.08 Å². The molecule has 0 radical (unpaired) electrons. The van der Waals surface area contributed by atoms with E-state index in [-0.39, 0.29) is 0 Å². The topological polar surface area (TPSA) is 52.6 Å². The second-order valence-corrected chi connectivity index (χ2v) is 9.12. The molecule has 34 heavy (non-hydrogen) atoms.